The zero-order chi connectivity index (χ0) is 21.4. The van der Waals surface area contributed by atoms with Crippen LogP contribution in [0.3, 0.4) is 0 Å². The SMILES string of the molecule is Cc1c(C(=O)OCc2ccccc2)sc2nc(Cl)nc(N3CCc4ccccc4C3)c12. The molecule has 0 N–H and O–H groups in total. The minimum atomic E-state index is -0.351. The van der Waals surface area contributed by atoms with Crippen LogP contribution in [-0.4, -0.2) is 22.5 Å². The van der Waals surface area contributed by atoms with Crippen molar-refractivity contribution < 1.29 is 9.53 Å². The van der Waals surface area contributed by atoms with Gasteiger partial charge in [-0.05, 0) is 47.2 Å². The Hall–Kier alpha value is -2.96. The zero-order valence-corrected chi connectivity index (χ0v) is 18.5. The zero-order valence-electron chi connectivity index (χ0n) is 17.0. The number of aromatic nitrogens is 2. The molecule has 0 unspecified atom stereocenters. The molecule has 3 heterocycles. The summed E-state index contributed by atoms with van der Waals surface area (Å²) in [5.41, 5.74) is 4.43. The van der Waals surface area contributed by atoms with Crippen molar-refractivity contribution in [3.63, 3.8) is 0 Å². The van der Waals surface area contributed by atoms with E-state index in [4.69, 9.17) is 16.3 Å². The Bertz CT molecular complexity index is 1270. The molecule has 7 heteroatoms. The standard InChI is InChI=1S/C24H20ClN3O2S/c1-15-19-21(28-12-11-17-9-5-6-10-18(17)13-28)26-24(25)27-22(19)31-20(15)23(29)30-14-16-7-3-2-4-8-16/h2-10H,11-14H2,1H3. The van der Waals surface area contributed by atoms with E-state index in [-0.39, 0.29) is 17.9 Å². The van der Waals surface area contributed by atoms with Crippen molar-refractivity contribution in [2.75, 3.05) is 11.4 Å². The number of anilines is 1. The number of rotatable bonds is 4. The number of nitrogens with zero attached hydrogens (tertiary/aromatic N) is 3. The smallest absolute Gasteiger partial charge is 0.349 e. The average molecular weight is 450 g/mol. The molecule has 1 aliphatic heterocycles. The number of hydrogen-bond acceptors (Lipinski definition) is 6. The lowest BCUT2D eigenvalue weighted by atomic mass is 9.99. The highest BCUT2D eigenvalue weighted by atomic mass is 35.5. The van der Waals surface area contributed by atoms with Gasteiger partial charge in [0.2, 0.25) is 5.28 Å². The third kappa shape index (κ3) is 3.89. The second-order valence-corrected chi connectivity index (χ2v) is 8.89. The second-order valence-electron chi connectivity index (χ2n) is 7.55. The fourth-order valence-corrected chi connectivity index (χ4v) is 5.27. The van der Waals surface area contributed by atoms with Crippen molar-refractivity contribution in [2.24, 2.45) is 0 Å². The van der Waals surface area contributed by atoms with E-state index >= 15 is 0 Å². The molecule has 31 heavy (non-hydrogen) atoms. The van der Waals surface area contributed by atoms with E-state index in [9.17, 15) is 4.79 Å². The van der Waals surface area contributed by atoms with E-state index in [1.165, 1.54) is 22.5 Å². The Morgan fingerprint density at radius 2 is 1.84 bits per heavy atom. The molecule has 0 aliphatic carbocycles. The molecule has 0 saturated heterocycles. The fraction of sp³-hybridized carbons (Fsp3) is 0.208. The van der Waals surface area contributed by atoms with E-state index in [2.05, 4.69) is 39.1 Å². The summed E-state index contributed by atoms with van der Waals surface area (Å²) >= 11 is 7.58. The topological polar surface area (TPSA) is 55.3 Å². The van der Waals surface area contributed by atoms with Gasteiger partial charge in [0, 0.05) is 13.1 Å². The summed E-state index contributed by atoms with van der Waals surface area (Å²) in [6, 6.07) is 18.1. The number of esters is 1. The highest BCUT2D eigenvalue weighted by Gasteiger charge is 2.26. The summed E-state index contributed by atoms with van der Waals surface area (Å²) in [5, 5.41) is 1.06. The number of fused-ring (bicyclic) bond motifs is 2. The van der Waals surface area contributed by atoms with Gasteiger partial charge in [-0.15, -0.1) is 11.3 Å². The first-order valence-electron chi connectivity index (χ1n) is 10.1. The number of thiophene rings is 1. The van der Waals surface area contributed by atoms with Crippen LogP contribution in [0.5, 0.6) is 0 Å². The van der Waals surface area contributed by atoms with Gasteiger partial charge in [0.25, 0.3) is 0 Å². The van der Waals surface area contributed by atoms with Crippen molar-refractivity contribution in [3.8, 4) is 0 Å². The van der Waals surface area contributed by atoms with Gasteiger partial charge in [0.15, 0.2) is 0 Å². The maximum Gasteiger partial charge on any atom is 0.349 e. The normalized spacial score (nSPS) is 13.3. The van der Waals surface area contributed by atoms with Gasteiger partial charge in [-0.2, -0.15) is 4.98 Å². The van der Waals surface area contributed by atoms with Crippen molar-refractivity contribution in [2.45, 2.75) is 26.5 Å². The molecule has 5 nitrogen and oxygen atoms in total. The van der Waals surface area contributed by atoms with Crippen LogP contribution in [0.25, 0.3) is 10.2 Å². The average Bonchev–Trinajstić information content (AvgIpc) is 3.13. The maximum absolute atomic E-state index is 12.8. The van der Waals surface area contributed by atoms with Gasteiger partial charge in [-0.25, -0.2) is 9.78 Å². The summed E-state index contributed by atoms with van der Waals surface area (Å²) in [6.07, 6.45) is 0.939. The number of benzene rings is 2. The number of ether oxygens (including phenoxy) is 1. The Balaban J connectivity index is 1.48. The van der Waals surface area contributed by atoms with Gasteiger partial charge >= 0.3 is 5.97 Å². The molecule has 0 atom stereocenters. The Morgan fingerprint density at radius 3 is 2.65 bits per heavy atom. The van der Waals surface area contributed by atoms with Crippen molar-refractivity contribution in [3.05, 3.63) is 87.0 Å². The molecular formula is C24H20ClN3O2S. The van der Waals surface area contributed by atoms with E-state index in [1.807, 2.05) is 37.3 Å². The number of hydrogen-bond donors (Lipinski definition) is 0. The fourth-order valence-electron chi connectivity index (χ4n) is 3.98. The molecular weight excluding hydrogens is 430 g/mol. The molecule has 2 aromatic heterocycles. The summed E-state index contributed by atoms with van der Waals surface area (Å²) in [5.74, 6) is 0.427. The molecule has 0 amide bonds. The van der Waals surface area contributed by atoms with Crippen LogP contribution in [0.15, 0.2) is 54.6 Å². The first kappa shape index (κ1) is 20.0. The third-order valence-electron chi connectivity index (χ3n) is 5.57. The predicted octanol–water partition coefficient (Wildman–Crippen LogP) is 5.57. The summed E-state index contributed by atoms with van der Waals surface area (Å²) in [4.78, 5) is 25.3. The second kappa shape index (κ2) is 8.29. The largest absolute Gasteiger partial charge is 0.457 e. The predicted molar refractivity (Wildman–Crippen MR) is 124 cm³/mol. The van der Waals surface area contributed by atoms with Crippen molar-refractivity contribution >= 4 is 44.9 Å². The van der Waals surface area contributed by atoms with E-state index in [0.29, 0.717) is 9.71 Å². The van der Waals surface area contributed by atoms with Crippen LogP contribution in [-0.2, 0) is 24.3 Å². The molecule has 0 fully saturated rings. The first-order chi connectivity index (χ1) is 15.1. The lowest BCUT2D eigenvalue weighted by Crippen LogP contribution is -2.31. The molecule has 1 aliphatic rings. The Morgan fingerprint density at radius 1 is 1.10 bits per heavy atom. The van der Waals surface area contributed by atoms with Gasteiger partial charge in [0.05, 0.1) is 5.39 Å². The summed E-state index contributed by atoms with van der Waals surface area (Å²) < 4.78 is 5.56. The molecule has 0 spiro atoms. The Labute approximate surface area is 189 Å². The number of halogens is 1. The maximum atomic E-state index is 12.8. The molecule has 5 rings (SSSR count). The van der Waals surface area contributed by atoms with Crippen LogP contribution < -0.4 is 4.90 Å². The summed E-state index contributed by atoms with van der Waals surface area (Å²) in [6.45, 7) is 3.75. The highest BCUT2D eigenvalue weighted by Crippen LogP contribution is 2.38. The van der Waals surface area contributed by atoms with Gasteiger partial charge < -0.3 is 9.64 Å². The Kier molecular flexibility index (Phi) is 5.34. The minimum Gasteiger partial charge on any atom is -0.457 e. The summed E-state index contributed by atoms with van der Waals surface area (Å²) in [7, 11) is 0. The van der Waals surface area contributed by atoms with Gasteiger partial charge in [0.1, 0.15) is 22.1 Å². The molecule has 156 valence electrons. The van der Waals surface area contributed by atoms with E-state index in [0.717, 1.165) is 41.8 Å². The number of carbonyl (C=O) groups is 1. The van der Waals surface area contributed by atoms with Crippen molar-refractivity contribution in [1.29, 1.82) is 0 Å². The van der Waals surface area contributed by atoms with Gasteiger partial charge in [-0.3, -0.25) is 0 Å². The van der Waals surface area contributed by atoms with Crippen molar-refractivity contribution in [1.82, 2.24) is 9.97 Å². The van der Waals surface area contributed by atoms with E-state index < -0.39 is 0 Å². The van der Waals surface area contributed by atoms with Crippen LogP contribution in [0.4, 0.5) is 5.82 Å². The first-order valence-corrected chi connectivity index (χ1v) is 11.3. The highest BCUT2D eigenvalue weighted by molar-refractivity contribution is 7.20. The molecule has 0 bridgehead atoms. The molecule has 0 saturated carbocycles. The monoisotopic (exact) mass is 449 g/mol. The van der Waals surface area contributed by atoms with Crippen LogP contribution in [0, 0.1) is 6.92 Å². The van der Waals surface area contributed by atoms with Gasteiger partial charge in [-0.1, -0.05) is 54.6 Å². The van der Waals surface area contributed by atoms with Crippen LogP contribution in [0.1, 0.15) is 31.9 Å². The quantitative estimate of drug-likeness (QED) is 0.301. The van der Waals surface area contributed by atoms with E-state index in [1.54, 1.807) is 0 Å². The molecule has 2 aromatic carbocycles. The molecule has 4 aromatic rings. The molecule has 0 radical (unpaired) electrons. The number of aryl methyl sites for hydroxylation is 1. The lowest BCUT2D eigenvalue weighted by Gasteiger charge is -2.30. The third-order valence-corrected chi connectivity index (χ3v) is 6.91. The number of carbonyl (C=O) groups excluding carboxylic acids is 1. The van der Waals surface area contributed by atoms with Crippen LogP contribution in [0.2, 0.25) is 5.28 Å². The minimum absolute atomic E-state index is 0.187. The lowest BCUT2D eigenvalue weighted by molar-refractivity contribution is 0.0478. The van der Waals surface area contributed by atoms with Crippen LogP contribution >= 0.6 is 22.9 Å².